The van der Waals surface area contributed by atoms with Crippen LogP contribution in [0.15, 0.2) is 69.9 Å². The third kappa shape index (κ3) is 2.52. The first-order valence-electron chi connectivity index (χ1n) is 10.3. The van der Waals surface area contributed by atoms with Gasteiger partial charge in [0.25, 0.3) is 11.8 Å². The fourth-order valence-corrected chi connectivity index (χ4v) is 5.09. The van der Waals surface area contributed by atoms with E-state index in [9.17, 15) is 9.59 Å². The summed E-state index contributed by atoms with van der Waals surface area (Å²) >= 11 is 0. The van der Waals surface area contributed by atoms with Crippen molar-refractivity contribution in [3.05, 3.63) is 77.2 Å². The number of aliphatic imine (C=N–C) groups is 1. The number of carbonyl (C=O) groups excluding carboxylic acids is 2. The van der Waals surface area contributed by atoms with Crippen molar-refractivity contribution in [2.45, 2.75) is 6.42 Å². The van der Waals surface area contributed by atoms with Crippen molar-refractivity contribution >= 4 is 45.8 Å². The second-order valence-corrected chi connectivity index (χ2v) is 8.42. The highest BCUT2D eigenvalue weighted by Crippen LogP contribution is 2.45. The summed E-state index contributed by atoms with van der Waals surface area (Å²) < 4.78 is 6.41. The van der Waals surface area contributed by atoms with Crippen LogP contribution in [-0.2, 0) is 16.0 Å². The lowest BCUT2D eigenvalue weighted by Gasteiger charge is -2.31. The number of imide groups is 1. The molecular formula is C25H20N3O3+. The first kappa shape index (κ1) is 18.0. The van der Waals surface area contributed by atoms with Gasteiger partial charge in [0, 0.05) is 40.3 Å². The molecule has 4 heterocycles. The van der Waals surface area contributed by atoms with Crippen molar-refractivity contribution in [3.8, 4) is 0 Å². The predicted molar refractivity (Wildman–Crippen MR) is 120 cm³/mol. The molecule has 0 fully saturated rings. The van der Waals surface area contributed by atoms with E-state index in [1.54, 1.807) is 12.5 Å². The maximum absolute atomic E-state index is 13.1. The zero-order valence-electron chi connectivity index (χ0n) is 17.0. The Kier molecular flexibility index (Phi) is 3.70. The molecule has 0 saturated heterocycles. The van der Waals surface area contributed by atoms with Gasteiger partial charge in [-0.1, -0.05) is 30.3 Å². The van der Waals surface area contributed by atoms with Crippen LogP contribution in [0.4, 0.5) is 5.69 Å². The first-order chi connectivity index (χ1) is 15.1. The number of quaternary nitrogens is 1. The minimum atomic E-state index is -0.416. The van der Waals surface area contributed by atoms with Crippen LogP contribution in [0.3, 0.4) is 0 Å². The number of amides is 2. The summed E-state index contributed by atoms with van der Waals surface area (Å²) in [5.74, 6) is -0.823. The number of nitrogens with one attached hydrogen (secondary N) is 1. The molecule has 0 saturated carbocycles. The van der Waals surface area contributed by atoms with E-state index in [0.717, 1.165) is 34.9 Å². The quantitative estimate of drug-likeness (QED) is 0.520. The molecule has 6 heteroatoms. The van der Waals surface area contributed by atoms with E-state index >= 15 is 0 Å². The number of furan rings is 1. The Morgan fingerprint density at radius 1 is 1.00 bits per heavy atom. The van der Waals surface area contributed by atoms with Crippen molar-refractivity contribution in [1.82, 2.24) is 9.80 Å². The Labute approximate surface area is 178 Å². The van der Waals surface area contributed by atoms with E-state index in [4.69, 9.17) is 4.42 Å². The minimum Gasteiger partial charge on any atom is -0.464 e. The standard InChI is InChI=1S/C25H19N3O3/c1-28-11-8-15-4-2-6-17(22(15)28)19(14-26-10-12-28)21-20(24(29)27-25(21)30)18-7-3-5-16-9-13-31-23(16)18/h2-7,9-10,13-14H,8,11-12H2,1H3/p+1. The average molecular weight is 410 g/mol. The van der Waals surface area contributed by atoms with Crippen LogP contribution >= 0.6 is 0 Å². The third-order valence-electron chi connectivity index (χ3n) is 6.57. The molecule has 1 unspecified atom stereocenters. The lowest BCUT2D eigenvalue weighted by atomic mass is 9.89. The molecule has 6 nitrogen and oxygen atoms in total. The van der Waals surface area contributed by atoms with Gasteiger partial charge >= 0.3 is 0 Å². The van der Waals surface area contributed by atoms with Crippen LogP contribution in [0, 0.1) is 0 Å². The van der Waals surface area contributed by atoms with Crippen LogP contribution in [0.25, 0.3) is 22.1 Å². The zero-order valence-corrected chi connectivity index (χ0v) is 17.0. The van der Waals surface area contributed by atoms with Crippen molar-refractivity contribution < 1.29 is 14.0 Å². The van der Waals surface area contributed by atoms with Gasteiger partial charge in [0.2, 0.25) is 0 Å². The normalized spacial score (nSPS) is 22.4. The fraction of sp³-hybridized carbons (Fsp3) is 0.160. The number of carbonyl (C=O) groups is 2. The second kappa shape index (κ2) is 6.36. The summed E-state index contributed by atoms with van der Waals surface area (Å²) in [6.07, 6.45) is 6.18. The molecule has 0 aliphatic carbocycles. The smallest absolute Gasteiger partial charge is 0.259 e. The number of rotatable bonds is 2. The Bertz CT molecular complexity index is 1390. The summed E-state index contributed by atoms with van der Waals surface area (Å²) in [5.41, 5.74) is 5.99. The van der Waals surface area contributed by atoms with Gasteiger partial charge in [-0.2, -0.15) is 0 Å². The SMILES string of the molecule is C[N+]12CC=NC=C(C3=C(c4cccc5ccoc45)C(=O)NC3=O)c3cccc(c31)CC2. The number of likely N-dealkylation sites (N-methyl/N-ethyl adjacent to an activating group) is 1. The van der Waals surface area contributed by atoms with Crippen LogP contribution in [-0.4, -0.2) is 38.2 Å². The van der Waals surface area contributed by atoms with Gasteiger partial charge in [0.15, 0.2) is 0 Å². The highest BCUT2D eigenvalue weighted by molar-refractivity contribution is 6.41. The first-order valence-corrected chi connectivity index (χ1v) is 10.3. The van der Waals surface area contributed by atoms with Gasteiger partial charge in [-0.05, 0) is 12.1 Å². The molecule has 3 aliphatic heterocycles. The Morgan fingerprint density at radius 3 is 2.71 bits per heavy atom. The van der Waals surface area contributed by atoms with Crippen molar-refractivity contribution in [2.24, 2.45) is 4.99 Å². The fourth-order valence-electron chi connectivity index (χ4n) is 5.09. The Hall–Kier alpha value is -3.77. The molecule has 1 N–H and O–H groups in total. The summed E-state index contributed by atoms with van der Waals surface area (Å²) in [6.45, 7) is 1.77. The van der Waals surface area contributed by atoms with Gasteiger partial charge in [-0.25, -0.2) is 0 Å². The zero-order chi connectivity index (χ0) is 21.2. The molecule has 152 valence electrons. The van der Waals surface area contributed by atoms with E-state index in [-0.39, 0.29) is 0 Å². The molecule has 3 aliphatic rings. The van der Waals surface area contributed by atoms with Gasteiger partial charge in [0.1, 0.15) is 17.8 Å². The van der Waals surface area contributed by atoms with Gasteiger partial charge in [-0.15, -0.1) is 0 Å². The van der Waals surface area contributed by atoms with Gasteiger partial charge in [0.05, 0.1) is 37.2 Å². The number of fused-ring (bicyclic) bond motifs is 1. The van der Waals surface area contributed by atoms with Gasteiger partial charge < -0.3 is 4.42 Å². The van der Waals surface area contributed by atoms with E-state index in [1.165, 1.54) is 11.3 Å². The summed E-state index contributed by atoms with van der Waals surface area (Å²) in [6, 6.07) is 13.7. The second-order valence-electron chi connectivity index (χ2n) is 8.42. The molecular weight excluding hydrogens is 390 g/mol. The topological polar surface area (TPSA) is 71.7 Å². The highest BCUT2D eigenvalue weighted by Gasteiger charge is 2.41. The van der Waals surface area contributed by atoms with Crippen molar-refractivity contribution in [1.29, 1.82) is 0 Å². The molecule has 0 bridgehead atoms. The molecule has 2 aromatic carbocycles. The lowest BCUT2D eigenvalue weighted by Crippen LogP contribution is -2.45. The van der Waals surface area contributed by atoms with Crippen molar-refractivity contribution in [2.75, 3.05) is 20.1 Å². The van der Waals surface area contributed by atoms with E-state index in [2.05, 4.69) is 23.4 Å². The average Bonchev–Trinajstić information content (AvgIpc) is 3.43. The molecule has 0 radical (unpaired) electrons. The van der Waals surface area contributed by atoms with Crippen LogP contribution < -0.4 is 9.80 Å². The molecule has 2 amide bonds. The molecule has 31 heavy (non-hydrogen) atoms. The molecule has 3 aromatic rings. The summed E-state index contributed by atoms with van der Waals surface area (Å²) in [7, 11) is 2.20. The van der Waals surface area contributed by atoms with Crippen molar-refractivity contribution in [3.63, 3.8) is 0 Å². The highest BCUT2D eigenvalue weighted by atomic mass is 16.3. The maximum atomic E-state index is 13.1. The van der Waals surface area contributed by atoms with E-state index in [1.807, 2.05) is 42.6 Å². The van der Waals surface area contributed by atoms with Crippen LogP contribution in [0.1, 0.15) is 16.7 Å². The van der Waals surface area contributed by atoms with E-state index < -0.39 is 11.8 Å². The van der Waals surface area contributed by atoms with Crippen LogP contribution in [0.2, 0.25) is 0 Å². The molecule has 6 rings (SSSR count). The molecule has 0 spiro atoms. The number of hydrogen-bond donors (Lipinski definition) is 1. The number of hydrogen-bond acceptors (Lipinski definition) is 4. The maximum Gasteiger partial charge on any atom is 0.259 e. The predicted octanol–water partition coefficient (Wildman–Crippen LogP) is 3.46. The lowest BCUT2D eigenvalue weighted by molar-refractivity contribution is -0.123. The van der Waals surface area contributed by atoms with Gasteiger partial charge in [-0.3, -0.25) is 24.4 Å². The summed E-state index contributed by atoms with van der Waals surface area (Å²) in [4.78, 5) is 30.6. The Morgan fingerprint density at radius 2 is 1.81 bits per heavy atom. The molecule has 1 atom stereocenters. The van der Waals surface area contributed by atoms with Crippen LogP contribution in [0.5, 0.6) is 0 Å². The molecule has 1 aromatic heterocycles. The minimum absolute atomic E-state index is 0.331. The number of para-hydroxylation sites is 2. The monoisotopic (exact) mass is 410 g/mol. The number of nitrogens with zero attached hydrogens (tertiary/aromatic N) is 2. The summed E-state index contributed by atoms with van der Waals surface area (Å²) in [5, 5.41) is 3.38. The third-order valence-corrected chi connectivity index (χ3v) is 6.57. The largest absolute Gasteiger partial charge is 0.464 e. The Balaban J connectivity index is 1.67. The number of benzene rings is 2. The van der Waals surface area contributed by atoms with E-state index in [0.29, 0.717) is 27.9 Å².